The number of rotatable bonds is 1. The fourth-order valence-corrected chi connectivity index (χ4v) is 2.15. The fourth-order valence-electron chi connectivity index (χ4n) is 2.15. The summed E-state index contributed by atoms with van der Waals surface area (Å²) in [5, 5.41) is 1.17. The summed E-state index contributed by atoms with van der Waals surface area (Å²) < 4.78 is 0. The predicted molar refractivity (Wildman–Crippen MR) is 73.2 cm³/mol. The predicted octanol–water partition coefficient (Wildman–Crippen LogP) is 3.35. The average molecular weight is 228 g/mol. The van der Waals surface area contributed by atoms with Gasteiger partial charge in [0.15, 0.2) is 0 Å². The standard InChI is InChI=1S/C15H20N2/c1-9-6-12-13(15(4,5)16)8-11(3)17-14(12)7-10(9)2/h6-8H,16H2,1-5H3. The SMILES string of the molecule is Cc1cc(C(C)(C)N)c2cc(C)c(C)cc2n1. The highest BCUT2D eigenvalue weighted by Crippen LogP contribution is 2.28. The Kier molecular flexibility index (Phi) is 2.70. The molecule has 90 valence electrons. The van der Waals surface area contributed by atoms with Crippen molar-refractivity contribution in [2.75, 3.05) is 0 Å². The number of hydrogen-bond donors (Lipinski definition) is 1. The third-order valence-corrected chi connectivity index (χ3v) is 3.25. The maximum absolute atomic E-state index is 6.25. The van der Waals surface area contributed by atoms with Gasteiger partial charge in [0.05, 0.1) is 5.52 Å². The van der Waals surface area contributed by atoms with Crippen LogP contribution in [0.4, 0.5) is 0 Å². The molecule has 1 heterocycles. The van der Waals surface area contributed by atoms with E-state index in [0.717, 1.165) is 11.2 Å². The van der Waals surface area contributed by atoms with Crippen molar-refractivity contribution >= 4 is 10.9 Å². The molecule has 2 rings (SSSR count). The molecule has 17 heavy (non-hydrogen) atoms. The minimum absolute atomic E-state index is 0.340. The first-order valence-corrected chi connectivity index (χ1v) is 5.97. The largest absolute Gasteiger partial charge is 0.322 e. The van der Waals surface area contributed by atoms with E-state index in [2.05, 4.69) is 37.0 Å². The van der Waals surface area contributed by atoms with E-state index in [1.165, 1.54) is 22.1 Å². The van der Waals surface area contributed by atoms with Crippen molar-refractivity contribution < 1.29 is 0 Å². The number of benzene rings is 1. The van der Waals surface area contributed by atoms with Gasteiger partial charge in [-0.15, -0.1) is 0 Å². The lowest BCUT2D eigenvalue weighted by atomic mass is 9.90. The zero-order valence-electron chi connectivity index (χ0n) is 11.3. The summed E-state index contributed by atoms with van der Waals surface area (Å²) >= 11 is 0. The topological polar surface area (TPSA) is 38.9 Å². The van der Waals surface area contributed by atoms with Crippen LogP contribution < -0.4 is 5.73 Å². The average Bonchev–Trinajstić information content (AvgIpc) is 2.18. The van der Waals surface area contributed by atoms with Crippen LogP contribution in [0.2, 0.25) is 0 Å². The first-order valence-electron chi connectivity index (χ1n) is 5.97. The highest BCUT2D eigenvalue weighted by Gasteiger charge is 2.18. The second-order valence-electron chi connectivity index (χ2n) is 5.49. The molecule has 0 fully saturated rings. The van der Waals surface area contributed by atoms with Crippen LogP contribution >= 0.6 is 0 Å². The number of pyridine rings is 1. The van der Waals surface area contributed by atoms with Crippen molar-refractivity contribution in [1.82, 2.24) is 4.98 Å². The van der Waals surface area contributed by atoms with Gasteiger partial charge >= 0.3 is 0 Å². The zero-order valence-corrected chi connectivity index (χ0v) is 11.3. The van der Waals surface area contributed by atoms with Crippen molar-refractivity contribution in [3.8, 4) is 0 Å². The van der Waals surface area contributed by atoms with Gasteiger partial charge in [-0.25, -0.2) is 0 Å². The Bertz CT molecular complexity index is 577. The molecule has 0 aliphatic carbocycles. The second-order valence-corrected chi connectivity index (χ2v) is 5.49. The smallest absolute Gasteiger partial charge is 0.0711 e. The number of aryl methyl sites for hydroxylation is 3. The van der Waals surface area contributed by atoms with E-state index >= 15 is 0 Å². The van der Waals surface area contributed by atoms with E-state index < -0.39 is 0 Å². The van der Waals surface area contributed by atoms with Crippen LogP contribution in [0.1, 0.15) is 36.2 Å². The summed E-state index contributed by atoms with van der Waals surface area (Å²) in [5.74, 6) is 0. The molecule has 2 N–H and O–H groups in total. The van der Waals surface area contributed by atoms with Gasteiger partial charge in [-0.1, -0.05) is 0 Å². The van der Waals surface area contributed by atoms with Crippen LogP contribution in [-0.4, -0.2) is 4.98 Å². The molecule has 0 radical (unpaired) electrons. The number of fused-ring (bicyclic) bond motifs is 1. The van der Waals surface area contributed by atoms with Gasteiger partial charge in [-0.3, -0.25) is 4.98 Å². The van der Waals surface area contributed by atoms with Crippen LogP contribution in [0.3, 0.4) is 0 Å². The van der Waals surface area contributed by atoms with Crippen molar-refractivity contribution in [2.24, 2.45) is 5.73 Å². The van der Waals surface area contributed by atoms with E-state index in [4.69, 9.17) is 5.73 Å². The highest BCUT2D eigenvalue weighted by molar-refractivity contribution is 5.85. The minimum atomic E-state index is -0.340. The molecule has 1 aromatic carbocycles. The van der Waals surface area contributed by atoms with Crippen LogP contribution in [0.25, 0.3) is 10.9 Å². The molecule has 2 heteroatoms. The molecule has 2 aromatic rings. The first-order chi connectivity index (χ1) is 7.79. The zero-order chi connectivity index (χ0) is 12.8. The maximum Gasteiger partial charge on any atom is 0.0711 e. The lowest BCUT2D eigenvalue weighted by molar-refractivity contribution is 0.558. The Hall–Kier alpha value is -1.41. The maximum atomic E-state index is 6.25. The molecular weight excluding hydrogens is 208 g/mol. The third kappa shape index (κ3) is 2.18. The number of nitrogens with two attached hydrogens (primary N) is 1. The molecule has 0 aliphatic rings. The van der Waals surface area contributed by atoms with E-state index in [0.29, 0.717) is 0 Å². The summed E-state index contributed by atoms with van der Waals surface area (Å²) in [7, 11) is 0. The van der Waals surface area contributed by atoms with E-state index in [1.807, 2.05) is 20.8 Å². The number of aromatic nitrogens is 1. The van der Waals surface area contributed by atoms with E-state index in [-0.39, 0.29) is 5.54 Å². The quantitative estimate of drug-likeness (QED) is 0.813. The van der Waals surface area contributed by atoms with Gasteiger partial charge in [0.1, 0.15) is 0 Å². The molecule has 0 aliphatic heterocycles. The Balaban J connectivity index is 2.88. The molecule has 0 amide bonds. The van der Waals surface area contributed by atoms with Gasteiger partial charge in [0, 0.05) is 16.6 Å². The van der Waals surface area contributed by atoms with Gasteiger partial charge in [-0.05, 0) is 69.5 Å². The number of nitrogens with zero attached hydrogens (tertiary/aromatic N) is 1. The Morgan fingerprint density at radius 1 is 1.00 bits per heavy atom. The third-order valence-electron chi connectivity index (χ3n) is 3.25. The number of hydrogen-bond acceptors (Lipinski definition) is 2. The van der Waals surface area contributed by atoms with Crippen LogP contribution in [-0.2, 0) is 5.54 Å². The molecule has 0 saturated heterocycles. The normalized spacial score (nSPS) is 12.1. The summed E-state index contributed by atoms with van der Waals surface area (Å²) in [4.78, 5) is 4.60. The van der Waals surface area contributed by atoms with Gasteiger partial charge in [0.2, 0.25) is 0 Å². The Morgan fingerprint density at radius 2 is 1.59 bits per heavy atom. The summed E-state index contributed by atoms with van der Waals surface area (Å²) in [6.45, 7) is 10.3. The Morgan fingerprint density at radius 3 is 2.18 bits per heavy atom. The van der Waals surface area contributed by atoms with Gasteiger partial charge in [0.25, 0.3) is 0 Å². The summed E-state index contributed by atoms with van der Waals surface area (Å²) in [6, 6.07) is 6.44. The van der Waals surface area contributed by atoms with Crippen molar-refractivity contribution in [3.05, 3.63) is 40.6 Å². The van der Waals surface area contributed by atoms with Crippen molar-refractivity contribution in [3.63, 3.8) is 0 Å². The summed E-state index contributed by atoms with van der Waals surface area (Å²) in [5.41, 5.74) is 11.7. The van der Waals surface area contributed by atoms with Gasteiger partial charge < -0.3 is 5.73 Å². The van der Waals surface area contributed by atoms with Crippen LogP contribution in [0.5, 0.6) is 0 Å². The van der Waals surface area contributed by atoms with E-state index in [1.54, 1.807) is 0 Å². The van der Waals surface area contributed by atoms with Crippen LogP contribution in [0.15, 0.2) is 18.2 Å². The lowest BCUT2D eigenvalue weighted by Gasteiger charge is -2.22. The molecule has 0 spiro atoms. The Labute approximate surface area is 103 Å². The molecular formula is C15H20N2. The first kappa shape index (κ1) is 12.1. The van der Waals surface area contributed by atoms with E-state index in [9.17, 15) is 0 Å². The fraction of sp³-hybridized carbons (Fsp3) is 0.400. The summed E-state index contributed by atoms with van der Waals surface area (Å²) in [6.07, 6.45) is 0. The molecule has 0 bridgehead atoms. The molecule has 0 unspecified atom stereocenters. The van der Waals surface area contributed by atoms with Crippen molar-refractivity contribution in [2.45, 2.75) is 40.2 Å². The minimum Gasteiger partial charge on any atom is -0.322 e. The van der Waals surface area contributed by atoms with Crippen molar-refractivity contribution in [1.29, 1.82) is 0 Å². The van der Waals surface area contributed by atoms with Crippen LogP contribution in [0, 0.1) is 20.8 Å². The molecule has 1 aromatic heterocycles. The van der Waals surface area contributed by atoms with Gasteiger partial charge in [-0.2, -0.15) is 0 Å². The molecule has 0 saturated carbocycles. The second kappa shape index (κ2) is 3.81. The molecule has 0 atom stereocenters. The highest BCUT2D eigenvalue weighted by atomic mass is 14.7. The monoisotopic (exact) mass is 228 g/mol. The molecule has 2 nitrogen and oxygen atoms in total. The lowest BCUT2D eigenvalue weighted by Crippen LogP contribution is -2.29.